The molecule has 0 aromatic heterocycles. The summed E-state index contributed by atoms with van der Waals surface area (Å²) in [6.07, 6.45) is 1.11. The Morgan fingerprint density at radius 3 is 2.67 bits per heavy atom. The monoisotopic (exact) mass is 337 g/mol. The van der Waals surface area contributed by atoms with Gasteiger partial charge in [-0.1, -0.05) is 26.0 Å². The number of carbonyl (C=O) groups excluding carboxylic acids is 1. The van der Waals surface area contributed by atoms with Crippen molar-refractivity contribution in [3.05, 3.63) is 35.6 Å². The highest BCUT2D eigenvalue weighted by atomic mass is 19.1. The van der Waals surface area contributed by atoms with Crippen LogP contribution in [0.1, 0.15) is 39.2 Å². The number of benzene rings is 1. The van der Waals surface area contributed by atoms with Gasteiger partial charge in [0, 0.05) is 19.8 Å². The quantitative estimate of drug-likeness (QED) is 0.832. The first-order valence-electron chi connectivity index (χ1n) is 8.72. The second-order valence-electron chi connectivity index (χ2n) is 6.69. The summed E-state index contributed by atoms with van der Waals surface area (Å²) >= 11 is 0. The van der Waals surface area contributed by atoms with Crippen molar-refractivity contribution in [2.75, 3.05) is 26.4 Å². The average molecular weight is 337 g/mol. The van der Waals surface area contributed by atoms with Gasteiger partial charge in [-0.25, -0.2) is 4.39 Å². The van der Waals surface area contributed by atoms with Crippen molar-refractivity contribution in [3.63, 3.8) is 0 Å². The summed E-state index contributed by atoms with van der Waals surface area (Å²) in [6, 6.07) is 6.31. The van der Waals surface area contributed by atoms with E-state index in [4.69, 9.17) is 9.47 Å². The lowest BCUT2D eigenvalue weighted by molar-refractivity contribution is -0.132. The van der Waals surface area contributed by atoms with Gasteiger partial charge in [0.2, 0.25) is 5.91 Å². The molecule has 0 aliphatic carbocycles. The molecule has 1 atom stereocenters. The number of carbonyl (C=O) groups is 1. The van der Waals surface area contributed by atoms with Crippen LogP contribution in [-0.4, -0.2) is 38.4 Å². The SMILES string of the molecule is CCOCC(NC(=O)C1(c2cccc(F)c2)CCOCC1)C(C)C. The third kappa shape index (κ3) is 4.33. The van der Waals surface area contributed by atoms with Crippen LogP contribution in [0.2, 0.25) is 0 Å². The molecular weight excluding hydrogens is 309 g/mol. The molecule has 1 aromatic rings. The average Bonchev–Trinajstić information content (AvgIpc) is 2.58. The first kappa shape index (κ1) is 18.9. The van der Waals surface area contributed by atoms with Crippen molar-refractivity contribution in [3.8, 4) is 0 Å². The zero-order valence-corrected chi connectivity index (χ0v) is 14.8. The van der Waals surface area contributed by atoms with Crippen LogP contribution in [0.5, 0.6) is 0 Å². The minimum atomic E-state index is -0.736. The highest BCUT2D eigenvalue weighted by Gasteiger charge is 2.42. The van der Waals surface area contributed by atoms with E-state index >= 15 is 0 Å². The fraction of sp³-hybridized carbons (Fsp3) is 0.632. The molecule has 0 radical (unpaired) electrons. The fourth-order valence-electron chi connectivity index (χ4n) is 3.10. The van der Waals surface area contributed by atoms with Crippen LogP contribution in [-0.2, 0) is 19.7 Å². The zero-order chi connectivity index (χ0) is 17.6. The Bertz CT molecular complexity index is 541. The molecule has 1 aliphatic rings. The Labute approximate surface area is 143 Å². The van der Waals surface area contributed by atoms with E-state index in [9.17, 15) is 9.18 Å². The van der Waals surface area contributed by atoms with Gasteiger partial charge in [-0.05, 0) is 43.4 Å². The molecule has 0 bridgehead atoms. The summed E-state index contributed by atoms with van der Waals surface area (Å²) in [6.45, 7) is 8.15. The van der Waals surface area contributed by atoms with Crippen LogP contribution >= 0.6 is 0 Å². The molecule has 1 unspecified atom stereocenters. The van der Waals surface area contributed by atoms with Crippen LogP contribution in [0.25, 0.3) is 0 Å². The molecule has 134 valence electrons. The van der Waals surface area contributed by atoms with Gasteiger partial charge in [0.05, 0.1) is 18.1 Å². The second kappa shape index (κ2) is 8.58. The van der Waals surface area contributed by atoms with Crippen molar-refractivity contribution in [1.82, 2.24) is 5.32 Å². The van der Waals surface area contributed by atoms with Gasteiger partial charge < -0.3 is 14.8 Å². The molecule has 1 N–H and O–H groups in total. The summed E-state index contributed by atoms with van der Waals surface area (Å²) < 4.78 is 24.7. The van der Waals surface area contributed by atoms with E-state index in [1.54, 1.807) is 6.07 Å². The third-order valence-electron chi connectivity index (χ3n) is 4.78. The van der Waals surface area contributed by atoms with E-state index in [1.165, 1.54) is 12.1 Å². The molecule has 1 saturated heterocycles. The standard InChI is InChI=1S/C19H28FNO3/c1-4-23-13-17(14(2)3)21-18(22)19(8-10-24-11-9-19)15-6-5-7-16(20)12-15/h5-7,12,14,17H,4,8-11,13H2,1-3H3,(H,21,22). The molecule has 1 aromatic carbocycles. The highest BCUT2D eigenvalue weighted by molar-refractivity contribution is 5.88. The molecule has 2 rings (SSSR count). The Hall–Kier alpha value is -1.46. The van der Waals surface area contributed by atoms with Crippen molar-refractivity contribution in [2.45, 2.75) is 45.1 Å². The summed E-state index contributed by atoms with van der Waals surface area (Å²) in [5.41, 5.74) is -0.0121. The van der Waals surface area contributed by atoms with Crippen molar-refractivity contribution >= 4 is 5.91 Å². The number of halogens is 1. The van der Waals surface area contributed by atoms with Crippen LogP contribution < -0.4 is 5.32 Å². The number of ether oxygens (including phenoxy) is 2. The van der Waals surface area contributed by atoms with Crippen molar-refractivity contribution < 1.29 is 18.7 Å². The molecular formula is C19H28FNO3. The number of hydrogen-bond donors (Lipinski definition) is 1. The van der Waals surface area contributed by atoms with Crippen LogP contribution in [0.4, 0.5) is 4.39 Å². The van der Waals surface area contributed by atoms with E-state index in [0.29, 0.717) is 39.3 Å². The topological polar surface area (TPSA) is 47.6 Å². The number of hydrogen-bond acceptors (Lipinski definition) is 3. The van der Waals surface area contributed by atoms with Gasteiger partial charge in [0.25, 0.3) is 0 Å². The fourth-order valence-corrected chi connectivity index (χ4v) is 3.10. The zero-order valence-electron chi connectivity index (χ0n) is 14.8. The summed E-state index contributed by atoms with van der Waals surface area (Å²) in [5.74, 6) is -0.124. The van der Waals surface area contributed by atoms with Crippen molar-refractivity contribution in [1.29, 1.82) is 0 Å². The first-order valence-corrected chi connectivity index (χ1v) is 8.72. The normalized spacial score (nSPS) is 18.4. The maximum atomic E-state index is 13.7. The summed E-state index contributed by atoms with van der Waals surface area (Å²) in [7, 11) is 0. The molecule has 1 fully saturated rings. The Kier molecular flexibility index (Phi) is 6.75. The van der Waals surface area contributed by atoms with Gasteiger partial charge in [-0.15, -0.1) is 0 Å². The smallest absolute Gasteiger partial charge is 0.231 e. The van der Waals surface area contributed by atoms with E-state index < -0.39 is 5.41 Å². The Morgan fingerprint density at radius 2 is 2.08 bits per heavy atom. The first-order chi connectivity index (χ1) is 11.5. The van der Waals surface area contributed by atoms with E-state index in [-0.39, 0.29) is 23.7 Å². The maximum Gasteiger partial charge on any atom is 0.231 e. The minimum Gasteiger partial charge on any atom is -0.381 e. The molecule has 0 saturated carbocycles. The molecule has 1 heterocycles. The van der Waals surface area contributed by atoms with Gasteiger partial charge in [0.15, 0.2) is 0 Å². The third-order valence-corrected chi connectivity index (χ3v) is 4.78. The van der Waals surface area contributed by atoms with E-state index in [0.717, 1.165) is 5.56 Å². The minimum absolute atomic E-state index is 0.0604. The van der Waals surface area contributed by atoms with Crippen LogP contribution in [0, 0.1) is 11.7 Å². The maximum absolute atomic E-state index is 13.7. The molecule has 4 nitrogen and oxygen atoms in total. The number of nitrogens with one attached hydrogen (secondary N) is 1. The lowest BCUT2D eigenvalue weighted by atomic mass is 9.73. The second-order valence-corrected chi connectivity index (χ2v) is 6.69. The van der Waals surface area contributed by atoms with Gasteiger partial charge in [-0.2, -0.15) is 0 Å². The number of amides is 1. The molecule has 5 heteroatoms. The highest BCUT2D eigenvalue weighted by Crippen LogP contribution is 2.35. The summed E-state index contributed by atoms with van der Waals surface area (Å²) in [5, 5.41) is 3.14. The van der Waals surface area contributed by atoms with Crippen LogP contribution in [0.3, 0.4) is 0 Å². The van der Waals surface area contributed by atoms with E-state index in [2.05, 4.69) is 19.2 Å². The predicted octanol–water partition coefficient (Wildman–Crippen LogP) is 3.05. The largest absolute Gasteiger partial charge is 0.381 e. The molecule has 1 aliphatic heterocycles. The molecule has 24 heavy (non-hydrogen) atoms. The van der Waals surface area contributed by atoms with Crippen molar-refractivity contribution in [2.24, 2.45) is 5.92 Å². The van der Waals surface area contributed by atoms with Gasteiger partial charge in [-0.3, -0.25) is 4.79 Å². The summed E-state index contributed by atoms with van der Waals surface area (Å²) in [4.78, 5) is 13.2. The lowest BCUT2D eigenvalue weighted by Gasteiger charge is -2.38. The Morgan fingerprint density at radius 1 is 1.38 bits per heavy atom. The molecule has 0 spiro atoms. The lowest BCUT2D eigenvalue weighted by Crippen LogP contribution is -2.53. The van der Waals surface area contributed by atoms with Gasteiger partial charge in [0.1, 0.15) is 5.82 Å². The van der Waals surface area contributed by atoms with Crippen LogP contribution in [0.15, 0.2) is 24.3 Å². The predicted molar refractivity (Wildman–Crippen MR) is 91.4 cm³/mol. The number of rotatable bonds is 7. The van der Waals surface area contributed by atoms with E-state index in [1.807, 2.05) is 13.0 Å². The Balaban J connectivity index is 2.25. The molecule has 1 amide bonds. The van der Waals surface area contributed by atoms with Gasteiger partial charge >= 0.3 is 0 Å².